The van der Waals surface area contributed by atoms with Crippen molar-refractivity contribution >= 4 is 12.0 Å². The summed E-state index contributed by atoms with van der Waals surface area (Å²) in [6.07, 6.45) is 5.65. The summed E-state index contributed by atoms with van der Waals surface area (Å²) in [5, 5.41) is 12.5. The topological polar surface area (TPSA) is 78.9 Å². The highest BCUT2D eigenvalue weighted by Gasteiger charge is 2.41. The van der Waals surface area contributed by atoms with Gasteiger partial charge in [-0.15, -0.1) is 0 Å². The third kappa shape index (κ3) is 3.67. The second kappa shape index (κ2) is 7.11. The largest absolute Gasteiger partial charge is 0.480 e. The van der Waals surface area contributed by atoms with Crippen LogP contribution < -0.4 is 5.32 Å². The van der Waals surface area contributed by atoms with Crippen LogP contribution in [-0.2, 0) is 9.53 Å². The van der Waals surface area contributed by atoms with Gasteiger partial charge in [0, 0.05) is 6.54 Å². The Balaban J connectivity index is 2.08. The summed E-state index contributed by atoms with van der Waals surface area (Å²) >= 11 is 0. The minimum Gasteiger partial charge on any atom is -0.480 e. The van der Waals surface area contributed by atoms with Gasteiger partial charge in [-0.1, -0.05) is 32.6 Å². The van der Waals surface area contributed by atoms with Crippen molar-refractivity contribution in [2.75, 3.05) is 19.8 Å². The highest BCUT2D eigenvalue weighted by molar-refractivity contribution is 5.86. The Labute approximate surface area is 125 Å². The molecule has 0 spiro atoms. The molecule has 1 atom stereocenters. The summed E-state index contributed by atoms with van der Waals surface area (Å²) in [6.45, 7) is 3.59. The van der Waals surface area contributed by atoms with Crippen LogP contribution in [0.3, 0.4) is 0 Å². The standard InChI is InChI=1S/C15H26N2O4/c1-2-12-11-21-10-9-17(12)14(20)16-15(13(18)19)7-5-3-4-6-8-15/h12H,2-11H2,1H3,(H,16,20)(H,18,19). The smallest absolute Gasteiger partial charge is 0.329 e. The van der Waals surface area contributed by atoms with Crippen LogP contribution in [0.15, 0.2) is 0 Å². The molecule has 1 unspecified atom stereocenters. The number of ether oxygens (including phenoxy) is 1. The molecule has 0 aromatic rings. The van der Waals surface area contributed by atoms with Crippen molar-refractivity contribution in [2.45, 2.75) is 63.5 Å². The molecule has 21 heavy (non-hydrogen) atoms. The Bertz CT molecular complexity index is 378. The Morgan fingerprint density at radius 3 is 2.52 bits per heavy atom. The molecule has 0 bridgehead atoms. The van der Waals surface area contributed by atoms with Crippen LogP contribution in [0.25, 0.3) is 0 Å². The summed E-state index contributed by atoms with van der Waals surface area (Å²) in [5.74, 6) is -0.904. The Kier molecular flexibility index (Phi) is 5.45. The Hall–Kier alpha value is -1.30. The predicted molar refractivity (Wildman–Crippen MR) is 78.2 cm³/mol. The zero-order valence-corrected chi connectivity index (χ0v) is 12.8. The lowest BCUT2D eigenvalue weighted by Gasteiger charge is -2.38. The van der Waals surface area contributed by atoms with Gasteiger partial charge in [0.1, 0.15) is 5.54 Å². The van der Waals surface area contributed by atoms with Crippen molar-refractivity contribution in [3.8, 4) is 0 Å². The molecule has 0 aromatic carbocycles. The van der Waals surface area contributed by atoms with Gasteiger partial charge in [-0.2, -0.15) is 0 Å². The summed E-state index contributed by atoms with van der Waals surface area (Å²) in [7, 11) is 0. The van der Waals surface area contributed by atoms with E-state index in [4.69, 9.17) is 4.74 Å². The van der Waals surface area contributed by atoms with Crippen molar-refractivity contribution in [1.29, 1.82) is 0 Å². The molecule has 0 aromatic heterocycles. The van der Waals surface area contributed by atoms with Crippen LogP contribution in [0.1, 0.15) is 51.9 Å². The number of urea groups is 1. The lowest BCUT2D eigenvalue weighted by Crippen LogP contribution is -2.61. The molecule has 1 saturated carbocycles. The predicted octanol–water partition coefficient (Wildman–Crippen LogP) is 1.98. The molecule has 6 nitrogen and oxygen atoms in total. The number of aliphatic carboxylic acids is 1. The molecule has 2 fully saturated rings. The number of morpholine rings is 1. The quantitative estimate of drug-likeness (QED) is 0.781. The van der Waals surface area contributed by atoms with E-state index in [0.717, 1.165) is 32.1 Å². The van der Waals surface area contributed by atoms with E-state index in [1.807, 2.05) is 6.92 Å². The normalized spacial score (nSPS) is 26.0. The van der Waals surface area contributed by atoms with Gasteiger partial charge in [-0.25, -0.2) is 9.59 Å². The molecule has 120 valence electrons. The first-order chi connectivity index (χ1) is 10.1. The molecular weight excluding hydrogens is 272 g/mol. The zero-order valence-electron chi connectivity index (χ0n) is 12.8. The molecule has 1 aliphatic heterocycles. The van der Waals surface area contributed by atoms with Gasteiger partial charge in [0.2, 0.25) is 0 Å². The summed E-state index contributed by atoms with van der Waals surface area (Å²) in [5.41, 5.74) is -1.09. The maximum Gasteiger partial charge on any atom is 0.329 e. The fourth-order valence-electron chi connectivity index (χ4n) is 3.26. The van der Waals surface area contributed by atoms with Gasteiger partial charge in [-0.3, -0.25) is 0 Å². The van der Waals surface area contributed by atoms with Gasteiger partial charge < -0.3 is 20.1 Å². The number of carbonyl (C=O) groups excluding carboxylic acids is 1. The van der Waals surface area contributed by atoms with E-state index in [1.54, 1.807) is 4.90 Å². The number of carbonyl (C=O) groups is 2. The highest BCUT2D eigenvalue weighted by atomic mass is 16.5. The lowest BCUT2D eigenvalue weighted by molar-refractivity contribution is -0.145. The number of carboxylic acids is 1. The average Bonchev–Trinajstić information content (AvgIpc) is 2.73. The fraction of sp³-hybridized carbons (Fsp3) is 0.867. The molecule has 2 rings (SSSR count). The van der Waals surface area contributed by atoms with Crippen LogP contribution in [0.2, 0.25) is 0 Å². The zero-order chi connectivity index (χ0) is 15.3. The Morgan fingerprint density at radius 1 is 1.29 bits per heavy atom. The minimum atomic E-state index is -1.09. The maximum absolute atomic E-state index is 12.6. The van der Waals surface area contributed by atoms with Gasteiger partial charge in [0.15, 0.2) is 0 Å². The molecule has 2 amide bonds. The number of nitrogens with one attached hydrogen (secondary N) is 1. The summed E-state index contributed by atoms with van der Waals surface area (Å²) in [4.78, 5) is 26.0. The molecule has 2 N–H and O–H groups in total. The van der Waals surface area contributed by atoms with Gasteiger partial charge in [0.05, 0.1) is 19.3 Å². The van der Waals surface area contributed by atoms with Crippen LogP contribution in [0.5, 0.6) is 0 Å². The molecule has 0 radical (unpaired) electrons. The lowest BCUT2D eigenvalue weighted by atomic mass is 9.90. The van der Waals surface area contributed by atoms with E-state index >= 15 is 0 Å². The first kappa shape index (κ1) is 16.1. The summed E-state index contributed by atoms with van der Waals surface area (Å²) in [6, 6.07) is -0.218. The van der Waals surface area contributed by atoms with Crippen molar-refractivity contribution in [2.24, 2.45) is 0 Å². The van der Waals surface area contributed by atoms with Crippen LogP contribution in [0.4, 0.5) is 4.79 Å². The van der Waals surface area contributed by atoms with E-state index in [-0.39, 0.29) is 12.1 Å². The highest BCUT2D eigenvalue weighted by Crippen LogP contribution is 2.28. The molecule has 1 aliphatic carbocycles. The van der Waals surface area contributed by atoms with Crippen LogP contribution in [-0.4, -0.2) is 53.3 Å². The minimum absolute atomic E-state index is 0.0374. The number of hydrogen-bond acceptors (Lipinski definition) is 3. The second-order valence-electron chi connectivity index (χ2n) is 6.06. The monoisotopic (exact) mass is 298 g/mol. The third-order valence-electron chi connectivity index (χ3n) is 4.67. The van der Waals surface area contributed by atoms with Crippen molar-refractivity contribution < 1.29 is 19.4 Å². The maximum atomic E-state index is 12.6. The number of rotatable bonds is 3. The first-order valence-corrected chi connectivity index (χ1v) is 7.99. The van der Waals surface area contributed by atoms with Crippen molar-refractivity contribution in [3.05, 3.63) is 0 Å². The van der Waals surface area contributed by atoms with E-state index in [9.17, 15) is 14.7 Å². The SMILES string of the molecule is CCC1COCCN1C(=O)NC1(C(=O)O)CCCCCC1. The van der Waals surface area contributed by atoms with Gasteiger partial charge >= 0.3 is 12.0 Å². The van der Waals surface area contributed by atoms with E-state index in [0.29, 0.717) is 32.6 Å². The molecule has 1 heterocycles. The summed E-state index contributed by atoms with van der Waals surface area (Å²) < 4.78 is 5.40. The first-order valence-electron chi connectivity index (χ1n) is 7.99. The Morgan fingerprint density at radius 2 is 1.95 bits per heavy atom. The molecule has 2 aliphatic rings. The van der Waals surface area contributed by atoms with Crippen LogP contribution >= 0.6 is 0 Å². The third-order valence-corrected chi connectivity index (χ3v) is 4.67. The number of hydrogen-bond donors (Lipinski definition) is 2. The second-order valence-corrected chi connectivity index (χ2v) is 6.06. The molecule has 1 saturated heterocycles. The van der Waals surface area contributed by atoms with Crippen LogP contribution in [0, 0.1) is 0 Å². The average molecular weight is 298 g/mol. The van der Waals surface area contributed by atoms with Gasteiger partial charge in [-0.05, 0) is 19.3 Å². The van der Waals surface area contributed by atoms with Crippen molar-refractivity contribution in [1.82, 2.24) is 10.2 Å². The fourth-order valence-corrected chi connectivity index (χ4v) is 3.26. The van der Waals surface area contributed by atoms with Crippen molar-refractivity contribution in [3.63, 3.8) is 0 Å². The number of carboxylic acid groups (broad SMARTS) is 1. The number of amides is 2. The molecule has 6 heteroatoms. The molecular formula is C15H26N2O4. The number of nitrogens with zero attached hydrogens (tertiary/aromatic N) is 1. The van der Waals surface area contributed by atoms with E-state index in [1.165, 1.54) is 0 Å². The van der Waals surface area contributed by atoms with E-state index in [2.05, 4.69) is 5.32 Å². The van der Waals surface area contributed by atoms with E-state index < -0.39 is 11.5 Å². The van der Waals surface area contributed by atoms with Gasteiger partial charge in [0.25, 0.3) is 0 Å².